The smallest absolute Gasteiger partial charge is 0.0168 e. The van der Waals surface area contributed by atoms with Crippen LogP contribution in [0.2, 0.25) is 0 Å². The molecule has 0 bridgehead atoms. The Morgan fingerprint density at radius 1 is 0.765 bits per heavy atom. The Morgan fingerprint density at radius 3 is 2.29 bits per heavy atom. The quantitative estimate of drug-likeness (QED) is 0.667. The molecule has 0 heterocycles. The standard InChI is InChI=1S/C17H15/c1-12-7-6-10-15-11-13(2)17(16(12)15)14-8-4-3-5-9-14/h3-11H,1-2H3. The molecule has 83 valence electrons. The maximum Gasteiger partial charge on any atom is 0.0168 e. The van der Waals surface area contributed by atoms with E-state index in [1.807, 2.05) is 0 Å². The monoisotopic (exact) mass is 219 g/mol. The number of aryl methyl sites for hydroxylation is 1. The lowest BCUT2D eigenvalue weighted by molar-refractivity contribution is 1.39. The minimum atomic E-state index is 1.31. The van der Waals surface area contributed by atoms with Crippen molar-refractivity contribution < 1.29 is 0 Å². The summed E-state index contributed by atoms with van der Waals surface area (Å²) >= 11 is 0. The molecule has 0 amide bonds. The minimum absolute atomic E-state index is 1.31. The van der Waals surface area contributed by atoms with Gasteiger partial charge in [0.1, 0.15) is 0 Å². The average Bonchev–Trinajstić information content (AvgIpc) is 2.68. The highest BCUT2D eigenvalue weighted by molar-refractivity contribution is 5.91. The molecule has 17 heavy (non-hydrogen) atoms. The topological polar surface area (TPSA) is 0 Å². The van der Waals surface area contributed by atoms with Gasteiger partial charge in [0.05, 0.1) is 0 Å². The van der Waals surface area contributed by atoms with Gasteiger partial charge in [-0.1, -0.05) is 54.1 Å². The van der Waals surface area contributed by atoms with Crippen molar-refractivity contribution in [1.29, 1.82) is 0 Å². The van der Waals surface area contributed by atoms with Crippen molar-refractivity contribution in [2.45, 2.75) is 13.8 Å². The van der Waals surface area contributed by atoms with Crippen LogP contribution in [0.25, 0.3) is 5.57 Å². The molecule has 0 unspecified atom stereocenters. The zero-order valence-electron chi connectivity index (χ0n) is 10.2. The number of allylic oxidation sites excluding steroid dienone is 1. The van der Waals surface area contributed by atoms with Crippen molar-refractivity contribution in [2.24, 2.45) is 0 Å². The van der Waals surface area contributed by atoms with E-state index in [0.29, 0.717) is 0 Å². The van der Waals surface area contributed by atoms with Crippen LogP contribution in [0.5, 0.6) is 0 Å². The minimum Gasteiger partial charge on any atom is -0.0622 e. The third-order valence-corrected chi connectivity index (χ3v) is 3.38. The van der Waals surface area contributed by atoms with Crippen LogP contribution in [0.1, 0.15) is 29.2 Å². The largest absolute Gasteiger partial charge is 0.0622 e. The zero-order valence-corrected chi connectivity index (χ0v) is 10.2. The molecule has 0 fully saturated rings. The van der Waals surface area contributed by atoms with E-state index >= 15 is 0 Å². The predicted octanol–water partition coefficient (Wildman–Crippen LogP) is 4.38. The van der Waals surface area contributed by atoms with Crippen LogP contribution < -0.4 is 0 Å². The van der Waals surface area contributed by atoms with Gasteiger partial charge in [-0.05, 0) is 41.7 Å². The number of hydrogen-bond donors (Lipinski definition) is 0. The van der Waals surface area contributed by atoms with E-state index in [2.05, 4.69) is 68.8 Å². The summed E-state index contributed by atoms with van der Waals surface area (Å²) < 4.78 is 0. The van der Waals surface area contributed by atoms with Crippen molar-refractivity contribution in [3.8, 4) is 0 Å². The van der Waals surface area contributed by atoms with Gasteiger partial charge in [0, 0.05) is 6.42 Å². The molecule has 1 radical (unpaired) electrons. The fourth-order valence-corrected chi connectivity index (χ4v) is 2.63. The summed E-state index contributed by atoms with van der Waals surface area (Å²) in [5.74, 6) is 0. The van der Waals surface area contributed by atoms with Crippen molar-refractivity contribution in [3.05, 3.63) is 82.8 Å². The molecule has 2 aromatic carbocycles. The van der Waals surface area contributed by atoms with Crippen LogP contribution in [0.3, 0.4) is 0 Å². The zero-order chi connectivity index (χ0) is 11.8. The lowest BCUT2D eigenvalue weighted by atomic mass is 9.94. The maximum atomic E-state index is 2.28. The van der Waals surface area contributed by atoms with Crippen molar-refractivity contribution >= 4 is 5.57 Å². The van der Waals surface area contributed by atoms with Crippen molar-refractivity contribution in [3.63, 3.8) is 0 Å². The van der Waals surface area contributed by atoms with E-state index in [4.69, 9.17) is 0 Å². The van der Waals surface area contributed by atoms with E-state index in [0.717, 1.165) is 0 Å². The molecule has 0 N–H and O–H groups in total. The van der Waals surface area contributed by atoms with E-state index in [1.54, 1.807) is 0 Å². The highest BCUT2D eigenvalue weighted by Gasteiger charge is 2.21. The number of benzene rings is 2. The van der Waals surface area contributed by atoms with E-state index in [9.17, 15) is 0 Å². The number of hydrogen-bond acceptors (Lipinski definition) is 0. The molecule has 1 aliphatic rings. The van der Waals surface area contributed by atoms with E-state index in [1.165, 1.54) is 33.4 Å². The lowest BCUT2D eigenvalue weighted by Gasteiger charge is -2.10. The summed E-state index contributed by atoms with van der Waals surface area (Å²) in [6.45, 7) is 4.38. The van der Waals surface area contributed by atoms with Gasteiger partial charge in [-0.25, -0.2) is 0 Å². The maximum absolute atomic E-state index is 2.28. The van der Waals surface area contributed by atoms with Crippen LogP contribution in [0, 0.1) is 13.3 Å². The molecule has 0 saturated carbocycles. The van der Waals surface area contributed by atoms with Crippen LogP contribution in [-0.2, 0) is 0 Å². The Labute approximate surface area is 103 Å². The van der Waals surface area contributed by atoms with Crippen LogP contribution in [-0.4, -0.2) is 0 Å². The molecular weight excluding hydrogens is 204 g/mol. The normalized spacial score (nSPS) is 14.0. The summed E-state index contributed by atoms with van der Waals surface area (Å²) in [5.41, 5.74) is 8.17. The first-order valence-electron chi connectivity index (χ1n) is 5.98. The molecular formula is C17H15. The van der Waals surface area contributed by atoms with Crippen molar-refractivity contribution in [1.82, 2.24) is 0 Å². The molecule has 3 rings (SSSR count). The van der Waals surface area contributed by atoms with Crippen molar-refractivity contribution in [2.75, 3.05) is 0 Å². The molecule has 2 aromatic rings. The van der Waals surface area contributed by atoms with Gasteiger partial charge in [-0.2, -0.15) is 0 Å². The molecule has 0 atom stereocenters. The number of rotatable bonds is 1. The van der Waals surface area contributed by atoms with Gasteiger partial charge in [0.25, 0.3) is 0 Å². The van der Waals surface area contributed by atoms with E-state index < -0.39 is 0 Å². The highest BCUT2D eigenvalue weighted by Crippen LogP contribution is 2.39. The van der Waals surface area contributed by atoms with Gasteiger partial charge in [-0.3, -0.25) is 0 Å². The summed E-state index contributed by atoms with van der Waals surface area (Å²) in [4.78, 5) is 0. The molecule has 0 spiro atoms. The van der Waals surface area contributed by atoms with Gasteiger partial charge in [0.2, 0.25) is 0 Å². The molecule has 0 aromatic heterocycles. The Balaban J connectivity index is 2.23. The molecule has 0 saturated heterocycles. The van der Waals surface area contributed by atoms with Crippen LogP contribution in [0.15, 0.2) is 54.1 Å². The van der Waals surface area contributed by atoms with Crippen LogP contribution in [0.4, 0.5) is 0 Å². The average molecular weight is 219 g/mol. The fourth-order valence-electron chi connectivity index (χ4n) is 2.63. The van der Waals surface area contributed by atoms with Gasteiger partial charge in [-0.15, -0.1) is 0 Å². The SMILES string of the molecule is CC1=C(c2ccccc2)c2c(C)cccc2[CH]1. The fraction of sp³-hybridized carbons (Fsp3) is 0.118. The Kier molecular flexibility index (Phi) is 2.36. The molecule has 0 heteroatoms. The Bertz CT molecular complexity index is 589. The first-order valence-corrected chi connectivity index (χ1v) is 5.98. The first kappa shape index (κ1) is 10.3. The molecule has 0 aliphatic heterocycles. The van der Waals surface area contributed by atoms with E-state index in [-0.39, 0.29) is 0 Å². The second kappa shape index (κ2) is 3.89. The van der Waals surface area contributed by atoms with Gasteiger partial charge < -0.3 is 0 Å². The number of fused-ring (bicyclic) bond motifs is 1. The van der Waals surface area contributed by atoms with Gasteiger partial charge >= 0.3 is 0 Å². The third-order valence-electron chi connectivity index (χ3n) is 3.38. The summed E-state index contributed by atoms with van der Waals surface area (Å²) in [7, 11) is 0. The second-order valence-electron chi connectivity index (χ2n) is 4.61. The Morgan fingerprint density at radius 2 is 1.53 bits per heavy atom. The summed E-state index contributed by atoms with van der Waals surface area (Å²) in [6, 6.07) is 17.2. The third kappa shape index (κ3) is 1.61. The van der Waals surface area contributed by atoms with Gasteiger partial charge in [0.15, 0.2) is 0 Å². The lowest BCUT2D eigenvalue weighted by Crippen LogP contribution is -1.90. The first-order chi connectivity index (χ1) is 8.27. The predicted molar refractivity (Wildman–Crippen MR) is 72.7 cm³/mol. The second-order valence-corrected chi connectivity index (χ2v) is 4.61. The highest BCUT2D eigenvalue weighted by atomic mass is 14.2. The Hall–Kier alpha value is -1.82. The molecule has 1 aliphatic carbocycles. The summed E-state index contributed by atoms with van der Waals surface area (Å²) in [5, 5.41) is 0. The summed E-state index contributed by atoms with van der Waals surface area (Å²) in [6.07, 6.45) is 2.28. The van der Waals surface area contributed by atoms with Crippen LogP contribution >= 0.6 is 0 Å². The molecule has 0 nitrogen and oxygen atoms in total.